The highest BCUT2D eigenvalue weighted by atomic mass is 16.5. The summed E-state index contributed by atoms with van der Waals surface area (Å²) in [5, 5.41) is 7.68. The van der Waals surface area contributed by atoms with Crippen molar-refractivity contribution in [1.82, 2.24) is 10.1 Å². The Hall–Kier alpha value is -2.69. The van der Waals surface area contributed by atoms with Crippen LogP contribution < -0.4 is 5.32 Å². The van der Waals surface area contributed by atoms with E-state index in [1.807, 2.05) is 26.0 Å². The zero-order chi connectivity index (χ0) is 14.8. The smallest absolute Gasteiger partial charge is 0.231 e. The molecule has 0 aliphatic rings. The Bertz CT molecular complexity index is 794. The van der Waals surface area contributed by atoms with Crippen molar-refractivity contribution in [2.75, 3.05) is 5.32 Å². The molecule has 0 spiro atoms. The quantitative estimate of drug-likeness (QED) is 0.801. The van der Waals surface area contributed by atoms with Gasteiger partial charge in [-0.15, -0.1) is 0 Å². The van der Waals surface area contributed by atoms with Gasteiger partial charge in [0.05, 0.1) is 6.42 Å². The van der Waals surface area contributed by atoms with E-state index in [1.165, 1.54) is 0 Å². The SMILES string of the molecule is Cc1cc(C)c2c(CC(=O)Nc3ccccn3)noc2c1. The number of aromatic nitrogens is 2. The van der Waals surface area contributed by atoms with Crippen LogP contribution in [0.5, 0.6) is 0 Å². The van der Waals surface area contributed by atoms with E-state index in [0.717, 1.165) is 16.5 Å². The molecule has 0 unspecified atom stereocenters. The highest BCUT2D eigenvalue weighted by molar-refractivity contribution is 5.94. The Morgan fingerprint density at radius 1 is 1.29 bits per heavy atom. The molecule has 0 radical (unpaired) electrons. The summed E-state index contributed by atoms with van der Waals surface area (Å²) in [6, 6.07) is 9.34. The van der Waals surface area contributed by atoms with Gasteiger partial charge in [0.2, 0.25) is 5.91 Å². The number of hydrogen-bond donors (Lipinski definition) is 1. The normalized spacial score (nSPS) is 10.8. The average Bonchev–Trinajstić information content (AvgIpc) is 2.82. The molecule has 5 nitrogen and oxygen atoms in total. The molecule has 5 heteroatoms. The number of amides is 1. The van der Waals surface area contributed by atoms with Crippen LogP contribution in [-0.4, -0.2) is 16.0 Å². The highest BCUT2D eigenvalue weighted by Crippen LogP contribution is 2.24. The first-order chi connectivity index (χ1) is 10.1. The number of fused-ring (bicyclic) bond motifs is 1. The third-order valence-electron chi connectivity index (χ3n) is 3.25. The van der Waals surface area contributed by atoms with Gasteiger partial charge in [0.15, 0.2) is 5.58 Å². The summed E-state index contributed by atoms with van der Waals surface area (Å²) in [4.78, 5) is 16.1. The van der Waals surface area contributed by atoms with E-state index in [1.54, 1.807) is 18.3 Å². The van der Waals surface area contributed by atoms with Crippen LogP contribution in [0.2, 0.25) is 0 Å². The minimum atomic E-state index is -0.163. The van der Waals surface area contributed by atoms with E-state index in [0.29, 0.717) is 17.1 Å². The van der Waals surface area contributed by atoms with Crippen molar-refractivity contribution in [3.05, 3.63) is 53.3 Å². The summed E-state index contributed by atoms with van der Waals surface area (Å²) in [6.45, 7) is 4.00. The van der Waals surface area contributed by atoms with Crippen molar-refractivity contribution in [3.8, 4) is 0 Å². The largest absolute Gasteiger partial charge is 0.356 e. The van der Waals surface area contributed by atoms with Crippen LogP contribution in [0.1, 0.15) is 16.8 Å². The van der Waals surface area contributed by atoms with Gasteiger partial charge in [-0.05, 0) is 43.2 Å². The number of rotatable bonds is 3. The maximum absolute atomic E-state index is 12.1. The van der Waals surface area contributed by atoms with E-state index in [2.05, 4.69) is 21.5 Å². The molecule has 0 aliphatic heterocycles. The lowest BCUT2D eigenvalue weighted by atomic mass is 10.0. The van der Waals surface area contributed by atoms with Crippen LogP contribution in [0.3, 0.4) is 0 Å². The maximum Gasteiger partial charge on any atom is 0.231 e. The van der Waals surface area contributed by atoms with Crippen LogP contribution >= 0.6 is 0 Å². The van der Waals surface area contributed by atoms with Crippen LogP contribution in [0.15, 0.2) is 41.1 Å². The first kappa shape index (κ1) is 13.3. The number of anilines is 1. The summed E-state index contributed by atoms with van der Waals surface area (Å²) in [7, 11) is 0. The molecular weight excluding hydrogens is 266 g/mol. The van der Waals surface area contributed by atoms with Crippen LogP contribution in [0, 0.1) is 13.8 Å². The van der Waals surface area contributed by atoms with Gasteiger partial charge in [0.25, 0.3) is 0 Å². The molecule has 3 aromatic rings. The van der Waals surface area contributed by atoms with Crippen LogP contribution in [-0.2, 0) is 11.2 Å². The molecule has 21 heavy (non-hydrogen) atoms. The molecule has 0 aliphatic carbocycles. The first-order valence-electron chi connectivity index (χ1n) is 6.70. The lowest BCUT2D eigenvalue weighted by Crippen LogP contribution is -2.15. The Morgan fingerprint density at radius 2 is 2.14 bits per heavy atom. The fourth-order valence-electron chi connectivity index (χ4n) is 2.42. The number of nitrogens with zero attached hydrogens (tertiary/aromatic N) is 2. The lowest BCUT2D eigenvalue weighted by Gasteiger charge is -2.03. The molecule has 0 fully saturated rings. The monoisotopic (exact) mass is 281 g/mol. The summed E-state index contributed by atoms with van der Waals surface area (Å²) in [6.07, 6.45) is 1.79. The molecule has 1 aromatic carbocycles. The van der Waals surface area contributed by atoms with Gasteiger partial charge in [0.1, 0.15) is 11.5 Å². The number of aryl methyl sites for hydroxylation is 2. The Kier molecular flexibility index (Phi) is 3.39. The summed E-state index contributed by atoms with van der Waals surface area (Å²) < 4.78 is 5.32. The number of carbonyl (C=O) groups is 1. The van der Waals surface area contributed by atoms with E-state index < -0.39 is 0 Å². The molecular formula is C16H15N3O2. The summed E-state index contributed by atoms with van der Waals surface area (Å²) in [5.74, 6) is 0.367. The number of pyridine rings is 1. The van der Waals surface area contributed by atoms with Crippen LogP contribution in [0.25, 0.3) is 11.0 Å². The fourth-order valence-corrected chi connectivity index (χ4v) is 2.42. The second kappa shape index (κ2) is 5.36. The zero-order valence-corrected chi connectivity index (χ0v) is 11.9. The zero-order valence-electron chi connectivity index (χ0n) is 11.9. The van der Waals surface area contributed by atoms with Gasteiger partial charge in [-0.3, -0.25) is 4.79 Å². The van der Waals surface area contributed by atoms with Crippen molar-refractivity contribution in [1.29, 1.82) is 0 Å². The number of nitrogens with one attached hydrogen (secondary N) is 1. The van der Waals surface area contributed by atoms with Gasteiger partial charge < -0.3 is 9.84 Å². The predicted molar refractivity (Wildman–Crippen MR) is 80.1 cm³/mol. The minimum absolute atomic E-state index is 0.160. The molecule has 106 valence electrons. The molecule has 1 N–H and O–H groups in total. The highest BCUT2D eigenvalue weighted by Gasteiger charge is 2.15. The standard InChI is InChI=1S/C16H15N3O2/c1-10-7-11(2)16-12(19-21-13(16)8-10)9-15(20)18-14-5-3-4-6-17-14/h3-8H,9H2,1-2H3,(H,17,18,20). The maximum atomic E-state index is 12.1. The van der Waals surface area contributed by atoms with Crippen molar-refractivity contribution in [2.45, 2.75) is 20.3 Å². The number of carbonyl (C=O) groups excluding carboxylic acids is 1. The van der Waals surface area contributed by atoms with E-state index in [-0.39, 0.29) is 12.3 Å². The van der Waals surface area contributed by atoms with Crippen molar-refractivity contribution in [2.24, 2.45) is 0 Å². The molecule has 0 saturated heterocycles. The van der Waals surface area contributed by atoms with Gasteiger partial charge in [-0.1, -0.05) is 17.3 Å². The van der Waals surface area contributed by atoms with E-state index in [4.69, 9.17) is 4.52 Å². The van der Waals surface area contributed by atoms with Crippen molar-refractivity contribution in [3.63, 3.8) is 0 Å². The van der Waals surface area contributed by atoms with Crippen LogP contribution in [0.4, 0.5) is 5.82 Å². The molecule has 2 heterocycles. The summed E-state index contributed by atoms with van der Waals surface area (Å²) >= 11 is 0. The van der Waals surface area contributed by atoms with Gasteiger partial charge >= 0.3 is 0 Å². The van der Waals surface area contributed by atoms with E-state index in [9.17, 15) is 4.79 Å². The molecule has 3 rings (SSSR count). The minimum Gasteiger partial charge on any atom is -0.356 e. The fraction of sp³-hybridized carbons (Fsp3) is 0.188. The molecule has 0 saturated carbocycles. The van der Waals surface area contributed by atoms with Gasteiger partial charge in [0, 0.05) is 11.6 Å². The third kappa shape index (κ3) is 2.76. The Balaban J connectivity index is 1.84. The second-order valence-corrected chi connectivity index (χ2v) is 5.02. The Labute approximate surface area is 122 Å². The van der Waals surface area contributed by atoms with E-state index >= 15 is 0 Å². The Morgan fingerprint density at radius 3 is 2.90 bits per heavy atom. The topological polar surface area (TPSA) is 68.0 Å². The molecule has 0 atom stereocenters. The number of hydrogen-bond acceptors (Lipinski definition) is 4. The van der Waals surface area contributed by atoms with Crippen molar-refractivity contribution >= 4 is 22.7 Å². The number of benzene rings is 1. The summed E-state index contributed by atoms with van der Waals surface area (Å²) in [5.41, 5.74) is 3.54. The molecule has 2 aromatic heterocycles. The molecule has 1 amide bonds. The average molecular weight is 281 g/mol. The third-order valence-corrected chi connectivity index (χ3v) is 3.25. The predicted octanol–water partition coefficient (Wildman–Crippen LogP) is 3.02. The second-order valence-electron chi connectivity index (χ2n) is 5.02. The molecule has 0 bridgehead atoms. The lowest BCUT2D eigenvalue weighted by molar-refractivity contribution is -0.115. The van der Waals surface area contributed by atoms with Crippen molar-refractivity contribution < 1.29 is 9.32 Å². The van der Waals surface area contributed by atoms with Gasteiger partial charge in [-0.25, -0.2) is 4.98 Å². The van der Waals surface area contributed by atoms with Gasteiger partial charge in [-0.2, -0.15) is 0 Å². The first-order valence-corrected chi connectivity index (χ1v) is 6.70.